The van der Waals surface area contributed by atoms with Crippen molar-refractivity contribution in [2.24, 2.45) is 5.92 Å². The van der Waals surface area contributed by atoms with Crippen LogP contribution in [0.25, 0.3) is 0 Å². The molecule has 0 saturated heterocycles. The molecule has 0 aromatic heterocycles. The van der Waals surface area contributed by atoms with Crippen LogP contribution >= 0.6 is 0 Å². The fourth-order valence-electron chi connectivity index (χ4n) is 1.91. The van der Waals surface area contributed by atoms with Gasteiger partial charge in [0.05, 0.1) is 18.4 Å². The van der Waals surface area contributed by atoms with Crippen LogP contribution in [0.15, 0.2) is 24.3 Å². The third-order valence-electron chi connectivity index (χ3n) is 3.00. The zero-order valence-electron chi connectivity index (χ0n) is 12.2. The van der Waals surface area contributed by atoms with E-state index in [2.05, 4.69) is 11.4 Å². The summed E-state index contributed by atoms with van der Waals surface area (Å²) in [7, 11) is 1.62. The summed E-state index contributed by atoms with van der Waals surface area (Å²) in [5.41, 5.74) is 1.45. The monoisotopic (exact) mass is 289 g/mol. The third kappa shape index (κ3) is 5.53. The predicted molar refractivity (Wildman–Crippen MR) is 77.4 cm³/mol. The molecule has 0 aliphatic carbocycles. The Labute approximate surface area is 124 Å². The molecule has 2 amide bonds. The Morgan fingerprint density at radius 1 is 1.38 bits per heavy atom. The summed E-state index contributed by atoms with van der Waals surface area (Å²) in [6.07, 6.45) is -0.0760. The van der Waals surface area contributed by atoms with Crippen molar-refractivity contribution in [1.82, 2.24) is 10.2 Å². The molecule has 21 heavy (non-hydrogen) atoms. The lowest BCUT2D eigenvalue weighted by Gasteiger charge is -2.19. The third-order valence-corrected chi connectivity index (χ3v) is 3.00. The van der Waals surface area contributed by atoms with Gasteiger partial charge >= 0.3 is 12.0 Å². The molecule has 0 spiro atoms. The van der Waals surface area contributed by atoms with Crippen LogP contribution in [0.4, 0.5) is 4.79 Å². The first-order chi connectivity index (χ1) is 9.93. The summed E-state index contributed by atoms with van der Waals surface area (Å²) in [6.45, 7) is 2.35. The Morgan fingerprint density at radius 3 is 2.57 bits per heavy atom. The summed E-state index contributed by atoms with van der Waals surface area (Å²) >= 11 is 0. The van der Waals surface area contributed by atoms with Gasteiger partial charge in [0.2, 0.25) is 0 Å². The summed E-state index contributed by atoms with van der Waals surface area (Å²) in [4.78, 5) is 24.1. The highest BCUT2D eigenvalue weighted by molar-refractivity contribution is 5.74. The first kappa shape index (κ1) is 16.5. The molecule has 1 aromatic carbocycles. The van der Waals surface area contributed by atoms with Gasteiger partial charge in [-0.15, -0.1) is 0 Å². The number of benzene rings is 1. The van der Waals surface area contributed by atoms with Crippen molar-refractivity contribution in [1.29, 1.82) is 5.26 Å². The number of urea groups is 1. The van der Waals surface area contributed by atoms with E-state index in [4.69, 9.17) is 10.4 Å². The van der Waals surface area contributed by atoms with Crippen LogP contribution in [0.1, 0.15) is 18.1 Å². The van der Waals surface area contributed by atoms with E-state index in [9.17, 15) is 9.59 Å². The number of rotatable bonds is 6. The fourth-order valence-corrected chi connectivity index (χ4v) is 1.91. The van der Waals surface area contributed by atoms with Crippen LogP contribution in [0.5, 0.6) is 0 Å². The van der Waals surface area contributed by atoms with E-state index in [-0.39, 0.29) is 24.9 Å². The molecular formula is C15H19N3O3. The molecule has 2 N–H and O–H groups in total. The van der Waals surface area contributed by atoms with Crippen molar-refractivity contribution in [3.05, 3.63) is 35.4 Å². The van der Waals surface area contributed by atoms with Gasteiger partial charge in [0, 0.05) is 20.1 Å². The minimum Gasteiger partial charge on any atom is -0.481 e. The first-order valence-electron chi connectivity index (χ1n) is 6.61. The average molecular weight is 289 g/mol. The van der Waals surface area contributed by atoms with Gasteiger partial charge in [-0.25, -0.2) is 4.79 Å². The maximum absolute atomic E-state index is 11.9. The number of nitrogens with zero attached hydrogens (tertiary/aromatic N) is 2. The molecule has 6 heteroatoms. The lowest BCUT2D eigenvalue weighted by atomic mass is 10.0. The molecule has 0 saturated carbocycles. The highest BCUT2D eigenvalue weighted by atomic mass is 16.4. The van der Waals surface area contributed by atoms with Crippen LogP contribution in [0.3, 0.4) is 0 Å². The number of nitriles is 1. The van der Waals surface area contributed by atoms with Crippen molar-refractivity contribution in [3.8, 4) is 6.07 Å². The molecule has 1 aromatic rings. The Kier molecular flexibility index (Phi) is 6.21. The average Bonchev–Trinajstić information content (AvgIpc) is 2.45. The quantitative estimate of drug-likeness (QED) is 0.832. The molecule has 1 unspecified atom stereocenters. The molecule has 6 nitrogen and oxygen atoms in total. The molecular weight excluding hydrogens is 270 g/mol. The normalized spacial score (nSPS) is 11.3. The van der Waals surface area contributed by atoms with Gasteiger partial charge in [-0.1, -0.05) is 24.3 Å². The van der Waals surface area contributed by atoms with E-state index < -0.39 is 5.97 Å². The number of nitrogens with one attached hydrogen (secondary N) is 1. The Bertz CT molecular complexity index is 551. The maximum Gasteiger partial charge on any atom is 0.317 e. The Balaban J connectivity index is 2.61. The molecule has 0 heterocycles. The minimum absolute atomic E-state index is 0.0760. The van der Waals surface area contributed by atoms with E-state index >= 15 is 0 Å². The van der Waals surface area contributed by atoms with Crippen molar-refractivity contribution in [3.63, 3.8) is 0 Å². The smallest absolute Gasteiger partial charge is 0.317 e. The lowest BCUT2D eigenvalue weighted by Crippen LogP contribution is -2.39. The zero-order valence-corrected chi connectivity index (χ0v) is 12.2. The van der Waals surface area contributed by atoms with Crippen molar-refractivity contribution in [2.45, 2.75) is 19.9 Å². The number of aliphatic carboxylic acids is 1. The number of carboxylic acid groups (broad SMARTS) is 1. The number of carbonyl (C=O) groups is 2. The van der Waals surface area contributed by atoms with Crippen LogP contribution in [-0.4, -0.2) is 35.6 Å². The largest absolute Gasteiger partial charge is 0.481 e. The van der Waals surface area contributed by atoms with Gasteiger partial charge in [-0.3, -0.25) is 4.79 Å². The second-order valence-electron chi connectivity index (χ2n) is 4.91. The van der Waals surface area contributed by atoms with E-state index in [0.29, 0.717) is 12.1 Å². The van der Waals surface area contributed by atoms with Crippen LogP contribution in [0.2, 0.25) is 0 Å². The van der Waals surface area contributed by atoms with Crippen LogP contribution < -0.4 is 5.32 Å². The number of carboxylic acids is 1. The number of carbonyl (C=O) groups excluding carboxylic acids is 1. The molecule has 0 radical (unpaired) electrons. The van der Waals surface area contributed by atoms with E-state index in [0.717, 1.165) is 5.56 Å². The lowest BCUT2D eigenvalue weighted by molar-refractivity contribution is -0.136. The standard InChI is InChI=1S/C15H19N3O3/c1-11(8-16)10-18(2)15(21)17-9-13-6-4-3-5-12(13)7-14(19)20/h3-6,11H,7,9-10H2,1-2H3,(H,17,21)(H,19,20). The molecule has 0 aliphatic rings. The second kappa shape index (κ2) is 7.90. The van der Waals surface area contributed by atoms with Crippen molar-refractivity contribution in [2.75, 3.05) is 13.6 Å². The number of hydrogen-bond donors (Lipinski definition) is 2. The SMILES string of the molecule is CC(C#N)CN(C)C(=O)NCc1ccccc1CC(=O)O. The van der Waals surface area contributed by atoms with Gasteiger partial charge in [0.15, 0.2) is 0 Å². The van der Waals surface area contributed by atoms with Gasteiger partial charge in [0.1, 0.15) is 0 Å². The Morgan fingerprint density at radius 2 is 2.00 bits per heavy atom. The highest BCUT2D eigenvalue weighted by Gasteiger charge is 2.12. The predicted octanol–water partition coefficient (Wildman–Crippen LogP) is 1.61. The number of amides is 2. The fraction of sp³-hybridized carbons (Fsp3) is 0.400. The number of hydrogen-bond acceptors (Lipinski definition) is 3. The summed E-state index contributed by atoms with van der Waals surface area (Å²) in [6, 6.07) is 8.87. The van der Waals surface area contributed by atoms with Gasteiger partial charge in [-0.2, -0.15) is 5.26 Å². The molecule has 0 fully saturated rings. The molecule has 0 bridgehead atoms. The van der Waals surface area contributed by atoms with E-state index in [1.165, 1.54) is 4.90 Å². The maximum atomic E-state index is 11.9. The molecule has 1 rings (SSSR count). The van der Waals surface area contributed by atoms with Gasteiger partial charge in [0.25, 0.3) is 0 Å². The van der Waals surface area contributed by atoms with Gasteiger partial charge < -0.3 is 15.3 Å². The molecule has 1 atom stereocenters. The van der Waals surface area contributed by atoms with E-state index in [1.807, 2.05) is 0 Å². The van der Waals surface area contributed by atoms with Gasteiger partial charge in [-0.05, 0) is 18.1 Å². The molecule has 112 valence electrons. The van der Waals surface area contributed by atoms with Crippen LogP contribution in [-0.2, 0) is 17.8 Å². The molecule has 0 aliphatic heterocycles. The van der Waals surface area contributed by atoms with Crippen molar-refractivity contribution >= 4 is 12.0 Å². The topological polar surface area (TPSA) is 93.4 Å². The van der Waals surface area contributed by atoms with E-state index in [1.54, 1.807) is 38.2 Å². The summed E-state index contributed by atoms with van der Waals surface area (Å²) < 4.78 is 0. The first-order valence-corrected chi connectivity index (χ1v) is 6.61. The van der Waals surface area contributed by atoms with Crippen molar-refractivity contribution < 1.29 is 14.7 Å². The summed E-state index contributed by atoms with van der Waals surface area (Å²) in [5, 5.41) is 20.3. The minimum atomic E-state index is -0.909. The zero-order chi connectivity index (χ0) is 15.8. The summed E-state index contributed by atoms with van der Waals surface area (Å²) in [5.74, 6) is -1.14. The Hall–Kier alpha value is -2.55. The second-order valence-corrected chi connectivity index (χ2v) is 4.91. The highest BCUT2D eigenvalue weighted by Crippen LogP contribution is 2.09. The van der Waals surface area contributed by atoms with Crippen LogP contribution in [0, 0.1) is 17.2 Å².